The number of hydrogen-bond acceptors (Lipinski definition) is 4. The van der Waals surface area contributed by atoms with Crippen molar-refractivity contribution in [3.8, 4) is 0 Å². The zero-order chi connectivity index (χ0) is 29.4. The van der Waals surface area contributed by atoms with Crippen LogP contribution in [-0.2, 0) is 25.4 Å². The lowest BCUT2D eigenvalue weighted by molar-refractivity contribution is -0.116. The van der Waals surface area contributed by atoms with Crippen molar-refractivity contribution in [1.82, 2.24) is 19.2 Å². The maximum atomic E-state index is 13.7. The van der Waals surface area contributed by atoms with E-state index in [9.17, 15) is 19.5 Å². The van der Waals surface area contributed by atoms with Crippen molar-refractivity contribution in [3.05, 3.63) is 122 Å². The molecule has 1 amide bonds. The fraction of sp³-hybridized carbons (Fsp3) is 0.265. The van der Waals surface area contributed by atoms with Gasteiger partial charge in [0.25, 0.3) is 17.0 Å². The third kappa shape index (κ3) is 4.77. The van der Waals surface area contributed by atoms with Crippen LogP contribution < -0.4 is 16.4 Å². The lowest BCUT2D eigenvalue weighted by Gasteiger charge is -2.20. The number of aromatic nitrogens is 3. The summed E-state index contributed by atoms with van der Waals surface area (Å²) in [6, 6.07) is 24.4. The Balaban J connectivity index is 1.37. The number of para-hydroxylation sites is 1. The number of aliphatic hydroxyl groups excluding tert-OH is 1. The second-order valence-corrected chi connectivity index (χ2v) is 11.0. The summed E-state index contributed by atoms with van der Waals surface area (Å²) in [5.41, 5.74) is 5.18. The molecule has 0 aliphatic heterocycles. The Morgan fingerprint density at radius 1 is 0.857 bits per heavy atom. The van der Waals surface area contributed by atoms with Gasteiger partial charge in [-0.05, 0) is 48.4 Å². The Kier molecular flexibility index (Phi) is 7.39. The first kappa shape index (κ1) is 27.5. The van der Waals surface area contributed by atoms with Crippen LogP contribution >= 0.6 is 0 Å². The Bertz CT molecular complexity index is 1940. The highest BCUT2D eigenvalue weighted by Gasteiger charge is 2.24. The molecule has 5 aromatic rings. The number of fused-ring (bicyclic) bond motifs is 3. The molecule has 0 spiro atoms. The Morgan fingerprint density at radius 3 is 2.19 bits per heavy atom. The molecule has 42 heavy (non-hydrogen) atoms. The molecule has 2 aromatic heterocycles. The molecule has 8 nitrogen and oxygen atoms in total. The van der Waals surface area contributed by atoms with Gasteiger partial charge in [-0.2, -0.15) is 0 Å². The van der Waals surface area contributed by atoms with Gasteiger partial charge in [0.15, 0.2) is 0 Å². The number of nitrogens with zero attached hydrogens (tertiary/aromatic N) is 3. The smallest absolute Gasteiger partial charge is 0.289 e. The van der Waals surface area contributed by atoms with Gasteiger partial charge in [-0.25, -0.2) is 4.68 Å². The molecule has 8 heteroatoms. The average molecular weight is 563 g/mol. The minimum Gasteiger partial charge on any atom is -0.394 e. The van der Waals surface area contributed by atoms with Crippen molar-refractivity contribution in [2.75, 3.05) is 6.61 Å². The Morgan fingerprint density at radius 2 is 1.50 bits per heavy atom. The van der Waals surface area contributed by atoms with Crippen molar-refractivity contribution in [2.45, 2.75) is 38.3 Å². The first-order valence-electron chi connectivity index (χ1n) is 14.3. The summed E-state index contributed by atoms with van der Waals surface area (Å²) in [6.45, 7) is 0.198. The lowest BCUT2D eigenvalue weighted by Crippen LogP contribution is -2.35. The van der Waals surface area contributed by atoms with E-state index >= 15 is 0 Å². The highest BCUT2D eigenvalue weighted by atomic mass is 16.3. The first-order chi connectivity index (χ1) is 20.4. The van der Waals surface area contributed by atoms with E-state index in [2.05, 4.69) is 5.32 Å². The minimum atomic E-state index is -0.499. The van der Waals surface area contributed by atoms with Crippen LogP contribution in [0.4, 0.5) is 0 Å². The minimum absolute atomic E-state index is 0.190. The summed E-state index contributed by atoms with van der Waals surface area (Å²) in [4.78, 5) is 40.3. The van der Waals surface area contributed by atoms with Crippen LogP contribution in [0.3, 0.4) is 0 Å². The Labute approximate surface area is 243 Å². The van der Waals surface area contributed by atoms with Crippen molar-refractivity contribution in [3.63, 3.8) is 0 Å². The molecule has 1 fully saturated rings. The molecule has 1 atom stereocenters. The number of benzene rings is 3. The molecule has 214 valence electrons. The topological polar surface area (TPSA) is 98.3 Å². The summed E-state index contributed by atoms with van der Waals surface area (Å²) >= 11 is 0. The molecule has 6 rings (SSSR count). The maximum absolute atomic E-state index is 13.7. The monoisotopic (exact) mass is 562 g/mol. The fourth-order valence-electron chi connectivity index (χ4n) is 6.15. The van der Waals surface area contributed by atoms with E-state index in [-0.39, 0.29) is 23.6 Å². The number of rotatable bonds is 7. The van der Waals surface area contributed by atoms with Gasteiger partial charge < -0.3 is 15.0 Å². The van der Waals surface area contributed by atoms with Crippen LogP contribution in [0.25, 0.3) is 27.4 Å². The fourth-order valence-corrected chi connectivity index (χ4v) is 6.15. The number of allylic oxidation sites excluding steroid dienone is 1. The van der Waals surface area contributed by atoms with Crippen LogP contribution in [0.2, 0.25) is 0 Å². The van der Waals surface area contributed by atoms with E-state index in [1.165, 1.54) is 9.36 Å². The van der Waals surface area contributed by atoms with Gasteiger partial charge in [-0.1, -0.05) is 78.4 Å². The van der Waals surface area contributed by atoms with E-state index in [0.717, 1.165) is 58.8 Å². The first-order valence-corrected chi connectivity index (χ1v) is 14.3. The molecule has 0 radical (unpaired) electrons. The number of aliphatic hydroxyl groups is 1. The van der Waals surface area contributed by atoms with E-state index in [1.807, 2.05) is 83.4 Å². The summed E-state index contributed by atoms with van der Waals surface area (Å²) in [5.74, 6) is -0.190. The molecular weight excluding hydrogens is 528 g/mol. The van der Waals surface area contributed by atoms with Crippen molar-refractivity contribution in [1.29, 1.82) is 0 Å². The normalized spacial score (nSPS) is 14.0. The molecule has 0 bridgehead atoms. The summed E-state index contributed by atoms with van der Waals surface area (Å²) < 4.78 is 4.60. The highest BCUT2D eigenvalue weighted by Crippen LogP contribution is 2.33. The predicted molar refractivity (Wildman–Crippen MR) is 165 cm³/mol. The number of carbonyl (C=O) groups is 1. The van der Waals surface area contributed by atoms with Crippen LogP contribution in [0.5, 0.6) is 0 Å². The van der Waals surface area contributed by atoms with Gasteiger partial charge in [0.05, 0.1) is 18.0 Å². The van der Waals surface area contributed by atoms with Crippen LogP contribution in [-0.4, -0.2) is 31.6 Å². The lowest BCUT2D eigenvalue weighted by atomic mass is 9.96. The van der Waals surface area contributed by atoms with Crippen LogP contribution in [0, 0.1) is 0 Å². The standard InChI is InChI=1S/C34H34N4O4/c1-36-33(41)30-26-14-8-9-15-28(26)38(31(30)34(42)37(36)2)20-22-16-18-25(19-17-22)29(24-12-6-7-13-24)32(40)35-27(21-39)23-10-4-3-5-11-23/h3-5,8-11,14-19,27,39H,6-7,12-13,20-21H2,1-2H3,(H,35,40)/t27-/m0/s1. The molecule has 2 heterocycles. The summed E-state index contributed by atoms with van der Waals surface area (Å²) in [7, 11) is 3.20. The largest absolute Gasteiger partial charge is 0.394 e. The SMILES string of the molecule is Cn1c(=O)c2c3ccccc3n(Cc3ccc(C(C(=O)N[C@@H](CO)c4ccccc4)=C4CCCC4)cc3)c2c(=O)n1C. The van der Waals surface area contributed by atoms with Gasteiger partial charge in [-0.3, -0.25) is 19.1 Å². The predicted octanol–water partition coefficient (Wildman–Crippen LogP) is 4.42. The summed E-state index contributed by atoms with van der Waals surface area (Å²) in [5, 5.41) is 14.3. The third-order valence-electron chi connectivity index (χ3n) is 8.49. The highest BCUT2D eigenvalue weighted by molar-refractivity contribution is 6.20. The second-order valence-electron chi connectivity index (χ2n) is 11.0. The molecule has 0 saturated heterocycles. The van der Waals surface area contributed by atoms with Gasteiger partial charge >= 0.3 is 0 Å². The molecule has 1 saturated carbocycles. The number of amides is 1. The van der Waals surface area contributed by atoms with Crippen molar-refractivity contribution in [2.24, 2.45) is 14.1 Å². The molecule has 1 aliphatic carbocycles. The Hall–Kier alpha value is -4.69. The number of hydrogen-bond donors (Lipinski definition) is 2. The molecule has 0 unspecified atom stereocenters. The van der Waals surface area contributed by atoms with E-state index in [0.29, 0.717) is 23.0 Å². The van der Waals surface area contributed by atoms with Gasteiger partial charge in [0, 0.05) is 37.1 Å². The van der Waals surface area contributed by atoms with E-state index in [4.69, 9.17) is 0 Å². The van der Waals surface area contributed by atoms with Crippen molar-refractivity contribution < 1.29 is 9.90 Å². The zero-order valence-corrected chi connectivity index (χ0v) is 23.8. The summed E-state index contributed by atoms with van der Waals surface area (Å²) in [6.07, 6.45) is 3.85. The molecule has 2 N–H and O–H groups in total. The number of carbonyl (C=O) groups excluding carboxylic acids is 1. The van der Waals surface area contributed by atoms with Crippen LogP contribution in [0.1, 0.15) is 48.4 Å². The zero-order valence-electron chi connectivity index (χ0n) is 23.8. The quantitative estimate of drug-likeness (QED) is 0.287. The van der Waals surface area contributed by atoms with Crippen LogP contribution in [0.15, 0.2) is 94.0 Å². The van der Waals surface area contributed by atoms with Gasteiger partial charge in [0.2, 0.25) is 0 Å². The third-order valence-corrected chi connectivity index (χ3v) is 8.49. The van der Waals surface area contributed by atoms with Gasteiger partial charge in [-0.15, -0.1) is 0 Å². The molecular formula is C34H34N4O4. The average Bonchev–Trinajstić information content (AvgIpc) is 3.66. The molecule has 3 aromatic carbocycles. The van der Waals surface area contributed by atoms with E-state index < -0.39 is 6.04 Å². The van der Waals surface area contributed by atoms with Gasteiger partial charge in [0.1, 0.15) is 5.52 Å². The maximum Gasteiger partial charge on any atom is 0.289 e. The van der Waals surface area contributed by atoms with E-state index in [1.54, 1.807) is 14.1 Å². The molecule has 1 aliphatic rings. The van der Waals surface area contributed by atoms with Crippen molar-refractivity contribution >= 4 is 33.3 Å². The second kappa shape index (κ2) is 11.3. The number of nitrogens with one attached hydrogen (secondary N) is 1.